The molecule has 0 radical (unpaired) electrons. The molecule has 1 fully saturated rings. The topological polar surface area (TPSA) is 57.6 Å². The molecule has 1 heterocycles. The lowest BCUT2D eigenvalue weighted by molar-refractivity contribution is 0.108. The Morgan fingerprint density at radius 3 is 2.77 bits per heavy atom. The Bertz CT molecular complexity index is 250. The van der Waals surface area contributed by atoms with Crippen LogP contribution >= 0.6 is 0 Å². The Labute approximate surface area is 79.6 Å². The first-order valence-corrected chi connectivity index (χ1v) is 6.33. The molecule has 1 aliphatic heterocycles. The maximum atomic E-state index is 11.5. The van der Waals surface area contributed by atoms with Gasteiger partial charge in [-0.15, -0.1) is 0 Å². The van der Waals surface area contributed by atoms with Crippen molar-refractivity contribution in [2.24, 2.45) is 0 Å². The van der Waals surface area contributed by atoms with Crippen LogP contribution < -0.4 is 0 Å². The van der Waals surface area contributed by atoms with Crippen molar-refractivity contribution in [2.75, 3.05) is 18.8 Å². The third kappa shape index (κ3) is 2.93. The molecule has 4 nitrogen and oxygen atoms in total. The zero-order chi connectivity index (χ0) is 9.90. The average molecular weight is 207 g/mol. The van der Waals surface area contributed by atoms with E-state index in [9.17, 15) is 13.5 Å². The molecule has 0 bridgehead atoms. The van der Waals surface area contributed by atoms with Crippen molar-refractivity contribution >= 4 is 10.0 Å². The predicted molar refractivity (Wildman–Crippen MR) is 50.9 cm³/mol. The van der Waals surface area contributed by atoms with Gasteiger partial charge in [0, 0.05) is 13.1 Å². The van der Waals surface area contributed by atoms with Crippen molar-refractivity contribution < 1.29 is 13.5 Å². The molecule has 1 N–H and O–H groups in total. The molecule has 1 aliphatic rings. The summed E-state index contributed by atoms with van der Waals surface area (Å²) in [6, 6.07) is 0. The summed E-state index contributed by atoms with van der Waals surface area (Å²) in [4.78, 5) is 0. The molecule has 0 amide bonds. The second-order valence-corrected chi connectivity index (χ2v) is 5.56. The Hall–Kier alpha value is -0.130. The monoisotopic (exact) mass is 207 g/mol. The van der Waals surface area contributed by atoms with Gasteiger partial charge < -0.3 is 5.11 Å². The van der Waals surface area contributed by atoms with Gasteiger partial charge in [-0.3, -0.25) is 0 Å². The van der Waals surface area contributed by atoms with Gasteiger partial charge in [-0.05, 0) is 19.3 Å². The molecule has 0 aromatic carbocycles. The second-order valence-electron chi connectivity index (χ2n) is 3.47. The van der Waals surface area contributed by atoms with E-state index in [1.54, 1.807) is 0 Å². The smallest absolute Gasteiger partial charge is 0.214 e. The van der Waals surface area contributed by atoms with Gasteiger partial charge in [0.15, 0.2) is 0 Å². The van der Waals surface area contributed by atoms with Gasteiger partial charge in [-0.2, -0.15) is 4.31 Å². The van der Waals surface area contributed by atoms with Crippen LogP contribution in [-0.4, -0.2) is 42.8 Å². The van der Waals surface area contributed by atoms with Gasteiger partial charge in [0.1, 0.15) is 0 Å². The zero-order valence-electron chi connectivity index (χ0n) is 7.94. The molecule has 1 unspecified atom stereocenters. The third-order valence-electron chi connectivity index (χ3n) is 2.21. The van der Waals surface area contributed by atoms with Gasteiger partial charge in [0.25, 0.3) is 0 Å². The van der Waals surface area contributed by atoms with Crippen LogP contribution in [0.15, 0.2) is 0 Å². The standard InChI is InChI=1S/C8H17NO3S/c1-2-6-13(11,12)9-5-3-4-8(10)7-9/h8,10H,2-7H2,1H3. The fourth-order valence-corrected chi connectivity index (χ4v) is 3.14. The van der Waals surface area contributed by atoms with Crippen molar-refractivity contribution in [2.45, 2.75) is 32.3 Å². The van der Waals surface area contributed by atoms with Crippen LogP contribution in [0.3, 0.4) is 0 Å². The van der Waals surface area contributed by atoms with Crippen molar-refractivity contribution in [1.82, 2.24) is 4.31 Å². The van der Waals surface area contributed by atoms with Crippen molar-refractivity contribution in [1.29, 1.82) is 0 Å². The number of aliphatic hydroxyl groups excluding tert-OH is 1. The average Bonchev–Trinajstić information content (AvgIpc) is 2.04. The SMILES string of the molecule is CCCS(=O)(=O)N1CCCC(O)C1. The Morgan fingerprint density at radius 2 is 2.23 bits per heavy atom. The summed E-state index contributed by atoms with van der Waals surface area (Å²) in [7, 11) is -3.09. The minimum atomic E-state index is -3.09. The first-order chi connectivity index (χ1) is 6.06. The quantitative estimate of drug-likeness (QED) is 0.718. The number of piperidine rings is 1. The van der Waals surface area contributed by atoms with E-state index in [1.165, 1.54) is 4.31 Å². The van der Waals surface area contributed by atoms with E-state index in [0.29, 0.717) is 13.0 Å². The molecule has 0 aromatic heterocycles. The summed E-state index contributed by atoms with van der Waals surface area (Å²) in [6.45, 7) is 2.69. The van der Waals surface area contributed by atoms with Crippen LogP contribution in [0.2, 0.25) is 0 Å². The highest BCUT2D eigenvalue weighted by molar-refractivity contribution is 7.89. The summed E-state index contributed by atoms with van der Waals surface area (Å²) in [5.74, 6) is 0.194. The Kier molecular flexibility index (Phi) is 3.70. The van der Waals surface area contributed by atoms with Crippen LogP contribution in [0.1, 0.15) is 26.2 Å². The predicted octanol–water partition coefficient (Wildman–Crippen LogP) is 0.183. The van der Waals surface area contributed by atoms with Gasteiger partial charge in [0.2, 0.25) is 10.0 Å². The maximum absolute atomic E-state index is 11.5. The third-order valence-corrected chi connectivity index (χ3v) is 4.26. The number of hydrogen-bond donors (Lipinski definition) is 1. The molecule has 0 spiro atoms. The van der Waals surface area contributed by atoms with Crippen LogP contribution in [0.5, 0.6) is 0 Å². The molecular formula is C8H17NO3S. The summed E-state index contributed by atoms with van der Waals surface area (Å²) in [6.07, 6.45) is 1.65. The molecular weight excluding hydrogens is 190 g/mol. The van der Waals surface area contributed by atoms with E-state index in [4.69, 9.17) is 0 Å². The number of sulfonamides is 1. The number of rotatable bonds is 3. The summed E-state index contributed by atoms with van der Waals surface area (Å²) in [5, 5.41) is 9.31. The van der Waals surface area contributed by atoms with E-state index in [-0.39, 0.29) is 12.3 Å². The molecule has 13 heavy (non-hydrogen) atoms. The highest BCUT2D eigenvalue weighted by Gasteiger charge is 2.26. The minimum Gasteiger partial charge on any atom is -0.392 e. The normalized spacial score (nSPS) is 26.2. The van der Waals surface area contributed by atoms with Gasteiger partial charge >= 0.3 is 0 Å². The van der Waals surface area contributed by atoms with Crippen molar-refractivity contribution in [3.8, 4) is 0 Å². The summed E-state index contributed by atoms with van der Waals surface area (Å²) < 4.78 is 24.5. The highest BCUT2D eigenvalue weighted by atomic mass is 32.2. The Morgan fingerprint density at radius 1 is 1.54 bits per heavy atom. The van der Waals surface area contributed by atoms with Crippen LogP contribution in [-0.2, 0) is 10.0 Å². The van der Waals surface area contributed by atoms with Crippen LogP contribution in [0.25, 0.3) is 0 Å². The van der Waals surface area contributed by atoms with E-state index in [0.717, 1.165) is 12.8 Å². The molecule has 0 aliphatic carbocycles. The fourth-order valence-electron chi connectivity index (χ4n) is 1.56. The molecule has 0 aromatic rings. The fraction of sp³-hybridized carbons (Fsp3) is 1.00. The molecule has 1 rings (SSSR count). The number of nitrogens with zero attached hydrogens (tertiary/aromatic N) is 1. The molecule has 5 heteroatoms. The lowest BCUT2D eigenvalue weighted by Gasteiger charge is -2.29. The second kappa shape index (κ2) is 4.39. The highest BCUT2D eigenvalue weighted by Crippen LogP contribution is 2.14. The van der Waals surface area contributed by atoms with E-state index in [1.807, 2.05) is 6.92 Å². The largest absolute Gasteiger partial charge is 0.392 e. The van der Waals surface area contributed by atoms with E-state index in [2.05, 4.69) is 0 Å². The molecule has 1 atom stereocenters. The first-order valence-electron chi connectivity index (χ1n) is 4.72. The van der Waals surface area contributed by atoms with Crippen molar-refractivity contribution in [3.63, 3.8) is 0 Å². The van der Waals surface area contributed by atoms with Crippen molar-refractivity contribution in [3.05, 3.63) is 0 Å². The number of hydrogen-bond acceptors (Lipinski definition) is 3. The lowest BCUT2D eigenvalue weighted by atomic mass is 10.1. The minimum absolute atomic E-state index is 0.194. The molecule has 0 saturated carbocycles. The first kappa shape index (κ1) is 10.9. The van der Waals surface area contributed by atoms with Crippen LogP contribution in [0, 0.1) is 0 Å². The zero-order valence-corrected chi connectivity index (χ0v) is 8.76. The van der Waals surface area contributed by atoms with Gasteiger partial charge in [-0.1, -0.05) is 6.92 Å². The van der Waals surface area contributed by atoms with Gasteiger partial charge in [0.05, 0.1) is 11.9 Å². The Balaban J connectivity index is 2.60. The van der Waals surface area contributed by atoms with E-state index >= 15 is 0 Å². The molecule has 78 valence electrons. The maximum Gasteiger partial charge on any atom is 0.214 e. The number of β-amino-alcohol motifs (C(OH)–C–C–N with tert-alkyl or cyclic N) is 1. The van der Waals surface area contributed by atoms with Gasteiger partial charge in [-0.25, -0.2) is 8.42 Å². The number of aliphatic hydroxyl groups is 1. The van der Waals surface area contributed by atoms with Crippen LogP contribution in [0.4, 0.5) is 0 Å². The summed E-state index contributed by atoms with van der Waals surface area (Å²) in [5.41, 5.74) is 0. The summed E-state index contributed by atoms with van der Waals surface area (Å²) >= 11 is 0. The lowest BCUT2D eigenvalue weighted by Crippen LogP contribution is -2.43. The van der Waals surface area contributed by atoms with E-state index < -0.39 is 16.1 Å². The molecule has 1 saturated heterocycles.